The number of nitrogens with one attached hydrogen (secondary N) is 2. The molecule has 0 aliphatic heterocycles. The molecule has 2 atom stereocenters. The summed E-state index contributed by atoms with van der Waals surface area (Å²) < 4.78 is 0. The van der Waals surface area contributed by atoms with Gasteiger partial charge in [-0.15, -0.1) is 0 Å². The summed E-state index contributed by atoms with van der Waals surface area (Å²) in [6.07, 6.45) is 2.46. The molecule has 1 aliphatic carbocycles. The molecule has 5 nitrogen and oxygen atoms in total. The molecule has 1 saturated carbocycles. The van der Waals surface area contributed by atoms with Gasteiger partial charge in [0.25, 0.3) is 0 Å². The number of amides is 3. The van der Waals surface area contributed by atoms with Gasteiger partial charge in [0.15, 0.2) is 0 Å². The van der Waals surface area contributed by atoms with Gasteiger partial charge in [0, 0.05) is 11.7 Å². The third-order valence-electron chi connectivity index (χ3n) is 4.81. The number of anilines is 1. The number of hydrogen-bond acceptors (Lipinski definition) is 2. The minimum absolute atomic E-state index is 0.167. The molecule has 4 N–H and O–H groups in total. The number of carbonyl (C=O) groups is 2. The van der Waals surface area contributed by atoms with E-state index >= 15 is 0 Å². The number of primary amides is 1. The largest absolute Gasteiger partial charge is 0.369 e. The first-order chi connectivity index (χ1) is 11.3. The topological polar surface area (TPSA) is 84.2 Å². The SMILES string of the molecule is CC(C)c1ccc(NC(=O)N[C@@H]2CCC[C@H]2C(N)=O)c(C(C)C)c1. The van der Waals surface area contributed by atoms with Gasteiger partial charge in [0.05, 0.1) is 5.92 Å². The molecule has 1 fully saturated rings. The second kappa shape index (κ2) is 7.69. The van der Waals surface area contributed by atoms with Gasteiger partial charge in [-0.25, -0.2) is 4.79 Å². The Balaban J connectivity index is 2.09. The van der Waals surface area contributed by atoms with Crippen molar-refractivity contribution in [3.63, 3.8) is 0 Å². The summed E-state index contributed by atoms with van der Waals surface area (Å²) >= 11 is 0. The molecule has 0 radical (unpaired) electrons. The van der Waals surface area contributed by atoms with Crippen molar-refractivity contribution in [2.45, 2.75) is 64.8 Å². The molecule has 0 saturated heterocycles. The standard InChI is InChI=1S/C19H29N3O2/c1-11(2)13-8-9-17(15(10-13)12(3)4)22-19(24)21-16-7-5-6-14(16)18(20)23/h8-12,14,16H,5-7H2,1-4H3,(H2,20,23)(H2,21,22,24)/t14-,16-/m1/s1. The molecule has 132 valence electrons. The van der Waals surface area contributed by atoms with E-state index < -0.39 is 0 Å². The highest BCUT2D eigenvalue weighted by Gasteiger charge is 2.32. The molecule has 3 amide bonds. The van der Waals surface area contributed by atoms with Crippen LogP contribution in [-0.4, -0.2) is 18.0 Å². The molecule has 0 spiro atoms. The van der Waals surface area contributed by atoms with Crippen LogP contribution in [0.15, 0.2) is 18.2 Å². The first-order valence-corrected chi connectivity index (χ1v) is 8.80. The van der Waals surface area contributed by atoms with Crippen molar-refractivity contribution in [3.8, 4) is 0 Å². The van der Waals surface area contributed by atoms with Crippen molar-refractivity contribution in [2.75, 3.05) is 5.32 Å². The Morgan fingerprint density at radius 3 is 2.42 bits per heavy atom. The monoisotopic (exact) mass is 331 g/mol. The van der Waals surface area contributed by atoms with Crippen LogP contribution in [0.5, 0.6) is 0 Å². The number of hydrogen-bond donors (Lipinski definition) is 3. The van der Waals surface area contributed by atoms with E-state index in [0.29, 0.717) is 11.8 Å². The summed E-state index contributed by atoms with van der Waals surface area (Å²) in [5.74, 6) is 0.162. The van der Waals surface area contributed by atoms with Gasteiger partial charge in [-0.1, -0.05) is 46.2 Å². The van der Waals surface area contributed by atoms with E-state index in [1.54, 1.807) is 0 Å². The van der Waals surface area contributed by atoms with E-state index in [0.717, 1.165) is 30.5 Å². The van der Waals surface area contributed by atoms with Crippen molar-refractivity contribution in [3.05, 3.63) is 29.3 Å². The van der Waals surface area contributed by atoms with Crippen LogP contribution in [0.25, 0.3) is 0 Å². The molecule has 1 aliphatic rings. The molecule has 1 aromatic carbocycles. The summed E-state index contributed by atoms with van der Waals surface area (Å²) in [5.41, 5.74) is 8.61. The minimum atomic E-state index is -0.332. The van der Waals surface area contributed by atoms with Gasteiger partial charge in [-0.2, -0.15) is 0 Å². The fraction of sp³-hybridized carbons (Fsp3) is 0.579. The lowest BCUT2D eigenvalue weighted by Crippen LogP contribution is -2.44. The van der Waals surface area contributed by atoms with E-state index in [4.69, 9.17) is 5.73 Å². The number of urea groups is 1. The summed E-state index contributed by atoms with van der Waals surface area (Å²) in [5, 5.41) is 5.85. The van der Waals surface area contributed by atoms with Gasteiger partial charge in [0.2, 0.25) is 5.91 Å². The van der Waals surface area contributed by atoms with Gasteiger partial charge >= 0.3 is 6.03 Å². The van der Waals surface area contributed by atoms with Gasteiger partial charge in [0.1, 0.15) is 0 Å². The lowest BCUT2D eigenvalue weighted by Gasteiger charge is -2.21. The van der Waals surface area contributed by atoms with E-state index in [2.05, 4.69) is 44.4 Å². The van der Waals surface area contributed by atoms with Gasteiger partial charge in [-0.3, -0.25) is 4.79 Å². The number of nitrogens with two attached hydrogens (primary N) is 1. The lowest BCUT2D eigenvalue weighted by molar-refractivity contribution is -0.122. The van der Waals surface area contributed by atoms with E-state index in [-0.39, 0.29) is 23.9 Å². The highest BCUT2D eigenvalue weighted by atomic mass is 16.2. The zero-order valence-corrected chi connectivity index (χ0v) is 15.1. The fourth-order valence-electron chi connectivity index (χ4n) is 3.33. The molecule has 0 unspecified atom stereocenters. The van der Waals surface area contributed by atoms with Gasteiger partial charge in [-0.05, 0) is 41.9 Å². The summed E-state index contributed by atoms with van der Waals surface area (Å²) in [7, 11) is 0. The highest BCUT2D eigenvalue weighted by Crippen LogP contribution is 2.29. The Labute approximate surface area is 144 Å². The second-order valence-corrected chi connectivity index (χ2v) is 7.30. The molecule has 24 heavy (non-hydrogen) atoms. The molecule has 0 bridgehead atoms. The minimum Gasteiger partial charge on any atom is -0.369 e. The third kappa shape index (κ3) is 4.28. The van der Waals surface area contributed by atoms with Crippen LogP contribution in [0, 0.1) is 5.92 Å². The fourth-order valence-corrected chi connectivity index (χ4v) is 3.33. The molecule has 0 heterocycles. The van der Waals surface area contributed by atoms with E-state index in [9.17, 15) is 9.59 Å². The van der Waals surface area contributed by atoms with Crippen molar-refractivity contribution in [1.29, 1.82) is 0 Å². The zero-order valence-electron chi connectivity index (χ0n) is 15.1. The molecule has 0 aromatic heterocycles. The molecular formula is C19H29N3O2. The van der Waals surface area contributed by atoms with E-state index in [1.807, 2.05) is 12.1 Å². The summed E-state index contributed by atoms with van der Waals surface area (Å²) in [6, 6.07) is 5.73. The Morgan fingerprint density at radius 1 is 1.12 bits per heavy atom. The lowest BCUT2D eigenvalue weighted by atomic mass is 9.94. The number of rotatable bonds is 5. The van der Waals surface area contributed by atoms with Crippen molar-refractivity contribution >= 4 is 17.6 Å². The van der Waals surface area contributed by atoms with Crippen LogP contribution < -0.4 is 16.4 Å². The van der Waals surface area contributed by atoms with Crippen LogP contribution in [0.3, 0.4) is 0 Å². The predicted molar refractivity (Wildman–Crippen MR) is 97.1 cm³/mol. The number of benzene rings is 1. The normalized spacial score (nSPS) is 20.4. The summed E-state index contributed by atoms with van der Waals surface area (Å²) in [4.78, 5) is 23.8. The van der Waals surface area contributed by atoms with Crippen molar-refractivity contribution in [1.82, 2.24) is 5.32 Å². The third-order valence-corrected chi connectivity index (χ3v) is 4.81. The van der Waals surface area contributed by atoms with Crippen molar-refractivity contribution in [2.24, 2.45) is 11.7 Å². The first kappa shape index (κ1) is 18.3. The maximum atomic E-state index is 12.4. The maximum Gasteiger partial charge on any atom is 0.319 e. The Hall–Kier alpha value is -2.04. The Bertz CT molecular complexity index is 611. The average Bonchev–Trinajstić information content (AvgIpc) is 2.95. The molecule has 5 heteroatoms. The zero-order chi connectivity index (χ0) is 17.9. The summed E-state index contributed by atoms with van der Waals surface area (Å²) in [6.45, 7) is 8.54. The molecule has 1 aromatic rings. The smallest absolute Gasteiger partial charge is 0.319 e. The highest BCUT2D eigenvalue weighted by molar-refractivity contribution is 5.91. The predicted octanol–water partition coefficient (Wildman–Crippen LogP) is 3.71. The Kier molecular flexibility index (Phi) is 5.86. The van der Waals surface area contributed by atoms with Crippen molar-refractivity contribution < 1.29 is 9.59 Å². The average molecular weight is 331 g/mol. The second-order valence-electron chi connectivity index (χ2n) is 7.30. The Morgan fingerprint density at radius 2 is 1.83 bits per heavy atom. The first-order valence-electron chi connectivity index (χ1n) is 8.80. The molecule has 2 rings (SSSR count). The maximum absolute atomic E-state index is 12.4. The number of carbonyl (C=O) groups excluding carboxylic acids is 2. The van der Waals surface area contributed by atoms with E-state index in [1.165, 1.54) is 5.56 Å². The molecular weight excluding hydrogens is 302 g/mol. The van der Waals surface area contributed by atoms with Crippen LogP contribution in [-0.2, 0) is 4.79 Å². The van der Waals surface area contributed by atoms with Gasteiger partial charge < -0.3 is 16.4 Å². The quantitative estimate of drug-likeness (QED) is 0.768. The van der Waals surface area contributed by atoms with Crippen LogP contribution in [0.2, 0.25) is 0 Å². The van der Waals surface area contributed by atoms with Crippen LogP contribution >= 0.6 is 0 Å². The van der Waals surface area contributed by atoms with Crippen LogP contribution in [0.1, 0.15) is 69.9 Å². The van der Waals surface area contributed by atoms with Crippen LogP contribution in [0.4, 0.5) is 10.5 Å².